The molecule has 0 atom stereocenters. The molecule has 6 nitrogen and oxygen atoms in total. The first-order chi connectivity index (χ1) is 9.54. The van der Waals surface area contributed by atoms with E-state index in [1.165, 1.54) is 17.0 Å². The van der Waals surface area contributed by atoms with Crippen molar-refractivity contribution in [1.82, 2.24) is 4.98 Å². The van der Waals surface area contributed by atoms with E-state index in [9.17, 15) is 10.1 Å². The predicted octanol–water partition coefficient (Wildman–Crippen LogP) is 3.28. The van der Waals surface area contributed by atoms with Crippen molar-refractivity contribution >= 4 is 28.8 Å². The predicted molar refractivity (Wildman–Crippen MR) is 75.1 cm³/mol. The second-order valence-corrected chi connectivity index (χ2v) is 4.31. The summed E-state index contributed by atoms with van der Waals surface area (Å²) in [6, 6.07) is 11.4. The Balaban J connectivity index is 2.59. The molecule has 0 aliphatic rings. The number of halogens is 1. The van der Waals surface area contributed by atoms with Crippen LogP contribution in [0.1, 0.15) is 5.56 Å². The van der Waals surface area contributed by atoms with Gasteiger partial charge in [-0.3, -0.25) is 10.1 Å². The second kappa shape index (κ2) is 5.55. The van der Waals surface area contributed by atoms with E-state index < -0.39 is 4.92 Å². The smallest absolute Gasteiger partial charge is 0.312 e. The van der Waals surface area contributed by atoms with Crippen molar-refractivity contribution in [2.24, 2.45) is 0 Å². The van der Waals surface area contributed by atoms with Gasteiger partial charge in [0.2, 0.25) is 5.82 Å². The number of nitro groups is 1. The van der Waals surface area contributed by atoms with Gasteiger partial charge in [0.05, 0.1) is 16.2 Å². The zero-order valence-corrected chi connectivity index (χ0v) is 11.2. The largest absolute Gasteiger partial charge is 0.322 e. The van der Waals surface area contributed by atoms with Crippen LogP contribution in [-0.4, -0.2) is 17.0 Å². The summed E-state index contributed by atoms with van der Waals surface area (Å²) in [5.41, 5.74) is 0.739. The molecule has 0 aliphatic heterocycles. The van der Waals surface area contributed by atoms with Crippen molar-refractivity contribution in [3.8, 4) is 6.07 Å². The molecule has 0 bridgehead atoms. The molecule has 2 aromatic rings. The standard InChI is InChI=1S/C13H9ClN4O2/c1-17(10-5-3-2-4-9(10)8-15)13-11(18(19)20)6-7-12(14)16-13/h2-7H,1H3. The number of nitrogens with zero attached hydrogens (tertiary/aromatic N) is 4. The van der Waals surface area contributed by atoms with Crippen molar-refractivity contribution in [1.29, 1.82) is 5.26 Å². The van der Waals surface area contributed by atoms with Crippen LogP contribution in [0, 0.1) is 21.4 Å². The summed E-state index contributed by atoms with van der Waals surface area (Å²) in [6.45, 7) is 0. The van der Waals surface area contributed by atoms with Gasteiger partial charge in [-0.1, -0.05) is 23.7 Å². The third kappa shape index (κ3) is 2.53. The maximum Gasteiger partial charge on any atom is 0.312 e. The highest BCUT2D eigenvalue weighted by Gasteiger charge is 2.21. The van der Waals surface area contributed by atoms with E-state index in [0.29, 0.717) is 11.3 Å². The zero-order valence-electron chi connectivity index (χ0n) is 10.4. The highest BCUT2D eigenvalue weighted by atomic mass is 35.5. The topological polar surface area (TPSA) is 83.1 Å². The molecule has 7 heteroatoms. The lowest BCUT2D eigenvalue weighted by Crippen LogP contribution is -2.14. The molecule has 0 fully saturated rings. The van der Waals surface area contributed by atoms with Gasteiger partial charge in [0.1, 0.15) is 11.2 Å². The van der Waals surface area contributed by atoms with E-state index in [0.717, 1.165) is 0 Å². The Kier molecular flexibility index (Phi) is 3.82. The first-order valence-corrected chi connectivity index (χ1v) is 5.96. The summed E-state index contributed by atoms with van der Waals surface area (Å²) in [7, 11) is 1.60. The van der Waals surface area contributed by atoms with Gasteiger partial charge in [0, 0.05) is 13.1 Å². The number of para-hydroxylation sites is 1. The number of anilines is 2. The summed E-state index contributed by atoms with van der Waals surface area (Å²) in [5.74, 6) is 0.0881. The van der Waals surface area contributed by atoms with Gasteiger partial charge in [0.15, 0.2) is 0 Å². The molecule has 0 N–H and O–H groups in total. The fourth-order valence-electron chi connectivity index (χ4n) is 1.78. The molecule has 2 rings (SSSR count). The van der Waals surface area contributed by atoms with Gasteiger partial charge >= 0.3 is 5.69 Å². The number of hydrogen-bond acceptors (Lipinski definition) is 5. The quantitative estimate of drug-likeness (QED) is 0.491. The van der Waals surface area contributed by atoms with Crippen molar-refractivity contribution in [2.75, 3.05) is 11.9 Å². The Labute approximate surface area is 120 Å². The molecule has 0 radical (unpaired) electrons. The van der Waals surface area contributed by atoms with E-state index >= 15 is 0 Å². The molecule has 0 amide bonds. The van der Waals surface area contributed by atoms with E-state index in [-0.39, 0.29) is 16.7 Å². The molecular formula is C13H9ClN4O2. The van der Waals surface area contributed by atoms with Crippen LogP contribution in [0.15, 0.2) is 36.4 Å². The van der Waals surface area contributed by atoms with Gasteiger partial charge < -0.3 is 4.90 Å². The summed E-state index contributed by atoms with van der Waals surface area (Å²) in [4.78, 5) is 16.0. The maximum atomic E-state index is 11.1. The van der Waals surface area contributed by atoms with Gasteiger partial charge in [-0.2, -0.15) is 5.26 Å². The van der Waals surface area contributed by atoms with Crippen LogP contribution in [-0.2, 0) is 0 Å². The third-order valence-corrected chi connectivity index (χ3v) is 2.93. The highest BCUT2D eigenvalue weighted by Crippen LogP contribution is 2.33. The first-order valence-electron chi connectivity index (χ1n) is 5.58. The van der Waals surface area contributed by atoms with E-state index in [2.05, 4.69) is 4.98 Å². The lowest BCUT2D eigenvalue weighted by atomic mass is 10.2. The van der Waals surface area contributed by atoms with Crippen LogP contribution in [0.4, 0.5) is 17.2 Å². The molecule has 1 heterocycles. The molecule has 0 saturated heterocycles. The van der Waals surface area contributed by atoms with E-state index in [4.69, 9.17) is 16.9 Å². The number of benzene rings is 1. The monoisotopic (exact) mass is 288 g/mol. The van der Waals surface area contributed by atoms with Crippen LogP contribution < -0.4 is 4.90 Å². The summed E-state index contributed by atoms with van der Waals surface area (Å²) >= 11 is 5.80. The van der Waals surface area contributed by atoms with Crippen LogP contribution in [0.3, 0.4) is 0 Å². The minimum absolute atomic E-state index is 0.0881. The first kappa shape index (κ1) is 13.8. The van der Waals surface area contributed by atoms with Gasteiger partial charge in [0.25, 0.3) is 0 Å². The van der Waals surface area contributed by atoms with Crippen molar-refractivity contribution in [2.45, 2.75) is 0 Å². The summed E-state index contributed by atoms with van der Waals surface area (Å²) in [6.07, 6.45) is 0. The number of rotatable bonds is 3. The lowest BCUT2D eigenvalue weighted by Gasteiger charge is -2.19. The molecule has 100 valence electrons. The second-order valence-electron chi connectivity index (χ2n) is 3.92. The minimum atomic E-state index is -0.538. The van der Waals surface area contributed by atoms with Crippen LogP contribution >= 0.6 is 11.6 Å². The average Bonchev–Trinajstić information content (AvgIpc) is 2.46. The normalized spacial score (nSPS) is 9.85. The lowest BCUT2D eigenvalue weighted by molar-refractivity contribution is -0.384. The average molecular weight is 289 g/mol. The van der Waals surface area contributed by atoms with Gasteiger partial charge in [-0.25, -0.2) is 4.98 Å². The molecule has 1 aromatic heterocycles. The Morgan fingerprint density at radius 2 is 2.05 bits per heavy atom. The number of pyridine rings is 1. The summed E-state index contributed by atoms with van der Waals surface area (Å²) in [5, 5.41) is 20.3. The molecule has 0 spiro atoms. The SMILES string of the molecule is CN(c1ccccc1C#N)c1nc(Cl)ccc1[N+](=O)[O-]. The Hall–Kier alpha value is -2.65. The summed E-state index contributed by atoms with van der Waals surface area (Å²) < 4.78 is 0. The van der Waals surface area contributed by atoms with Crippen LogP contribution in [0.5, 0.6) is 0 Å². The fourth-order valence-corrected chi connectivity index (χ4v) is 1.93. The third-order valence-electron chi connectivity index (χ3n) is 2.72. The molecule has 0 aliphatic carbocycles. The number of nitriles is 1. The molecule has 0 saturated carbocycles. The maximum absolute atomic E-state index is 11.1. The fraction of sp³-hybridized carbons (Fsp3) is 0.0769. The van der Waals surface area contributed by atoms with Crippen LogP contribution in [0.2, 0.25) is 5.15 Å². The minimum Gasteiger partial charge on any atom is -0.322 e. The molecule has 20 heavy (non-hydrogen) atoms. The van der Waals surface area contributed by atoms with Gasteiger partial charge in [-0.15, -0.1) is 0 Å². The molecule has 0 unspecified atom stereocenters. The van der Waals surface area contributed by atoms with Crippen molar-refractivity contribution in [3.63, 3.8) is 0 Å². The number of aromatic nitrogens is 1. The van der Waals surface area contributed by atoms with Crippen LogP contribution in [0.25, 0.3) is 0 Å². The Bertz CT molecular complexity index is 712. The van der Waals surface area contributed by atoms with E-state index in [1.807, 2.05) is 6.07 Å². The van der Waals surface area contributed by atoms with E-state index in [1.54, 1.807) is 31.3 Å². The number of hydrogen-bond donors (Lipinski definition) is 0. The molecule has 1 aromatic carbocycles. The zero-order chi connectivity index (χ0) is 14.7. The van der Waals surface area contributed by atoms with Crippen molar-refractivity contribution in [3.05, 3.63) is 57.2 Å². The Morgan fingerprint density at radius 1 is 1.35 bits per heavy atom. The van der Waals surface area contributed by atoms with Crippen molar-refractivity contribution < 1.29 is 4.92 Å². The Morgan fingerprint density at radius 3 is 2.70 bits per heavy atom. The van der Waals surface area contributed by atoms with Gasteiger partial charge in [-0.05, 0) is 18.2 Å². The molecular weight excluding hydrogens is 280 g/mol. The highest BCUT2D eigenvalue weighted by molar-refractivity contribution is 6.29.